The Morgan fingerprint density at radius 1 is 1.32 bits per heavy atom. The molecule has 1 N–H and O–H groups in total. The highest BCUT2D eigenvalue weighted by atomic mass is 16.5. The first-order valence-electron chi connectivity index (χ1n) is 7.19. The summed E-state index contributed by atoms with van der Waals surface area (Å²) in [4.78, 5) is 4.61. The van der Waals surface area contributed by atoms with Crippen LogP contribution in [0.1, 0.15) is 50.9 Å². The number of aromatic nitrogens is 1. The van der Waals surface area contributed by atoms with Crippen molar-refractivity contribution >= 4 is 0 Å². The second-order valence-corrected chi connectivity index (χ2v) is 5.99. The summed E-state index contributed by atoms with van der Waals surface area (Å²) in [5.74, 6) is 0. The number of hydrogen-bond donors (Lipinski definition) is 1. The van der Waals surface area contributed by atoms with Crippen molar-refractivity contribution in [2.24, 2.45) is 0 Å². The summed E-state index contributed by atoms with van der Waals surface area (Å²) in [6.45, 7) is 14.3. The zero-order valence-corrected chi connectivity index (χ0v) is 13.0. The quantitative estimate of drug-likeness (QED) is 0.768. The standard InChI is InChI=1S/C16H28N2O/c1-6-19-9-7-8-17-11-14-10-13(2)15(18-12-14)16(3,4)5/h10,12,17H,6-9,11H2,1-5H3. The lowest BCUT2D eigenvalue weighted by atomic mass is 9.88. The fourth-order valence-corrected chi connectivity index (χ4v) is 2.19. The van der Waals surface area contributed by atoms with Gasteiger partial charge >= 0.3 is 0 Å². The van der Waals surface area contributed by atoms with Gasteiger partial charge in [-0.2, -0.15) is 0 Å². The Balaban J connectivity index is 2.42. The lowest BCUT2D eigenvalue weighted by Crippen LogP contribution is -2.19. The van der Waals surface area contributed by atoms with Crippen LogP contribution < -0.4 is 5.32 Å². The molecule has 1 aromatic heterocycles. The summed E-state index contributed by atoms with van der Waals surface area (Å²) < 4.78 is 5.31. The summed E-state index contributed by atoms with van der Waals surface area (Å²) in [5.41, 5.74) is 3.84. The predicted octanol–water partition coefficient (Wildman–Crippen LogP) is 3.20. The van der Waals surface area contributed by atoms with Gasteiger partial charge in [0.2, 0.25) is 0 Å². The summed E-state index contributed by atoms with van der Waals surface area (Å²) in [6.07, 6.45) is 3.05. The average Bonchev–Trinajstić information content (AvgIpc) is 2.32. The van der Waals surface area contributed by atoms with Crippen LogP contribution >= 0.6 is 0 Å². The molecule has 3 nitrogen and oxygen atoms in total. The summed E-state index contributed by atoms with van der Waals surface area (Å²) in [7, 11) is 0. The highest BCUT2D eigenvalue weighted by Gasteiger charge is 2.17. The molecule has 0 amide bonds. The van der Waals surface area contributed by atoms with Crippen LogP contribution in [-0.4, -0.2) is 24.7 Å². The van der Waals surface area contributed by atoms with Crippen LogP contribution in [0.15, 0.2) is 12.3 Å². The molecule has 0 aliphatic carbocycles. The minimum Gasteiger partial charge on any atom is -0.382 e. The van der Waals surface area contributed by atoms with E-state index in [0.717, 1.165) is 32.7 Å². The molecule has 0 spiro atoms. The highest BCUT2D eigenvalue weighted by molar-refractivity contribution is 5.28. The SMILES string of the molecule is CCOCCCNCc1cnc(C(C)(C)C)c(C)c1. The zero-order chi connectivity index (χ0) is 14.3. The average molecular weight is 264 g/mol. The van der Waals surface area contributed by atoms with Crippen molar-refractivity contribution in [3.63, 3.8) is 0 Å². The molecule has 0 fully saturated rings. The summed E-state index contributed by atoms with van der Waals surface area (Å²) in [6, 6.07) is 2.24. The van der Waals surface area contributed by atoms with Crippen molar-refractivity contribution in [2.75, 3.05) is 19.8 Å². The van der Waals surface area contributed by atoms with Crippen molar-refractivity contribution < 1.29 is 4.74 Å². The van der Waals surface area contributed by atoms with Gasteiger partial charge < -0.3 is 10.1 Å². The maximum Gasteiger partial charge on any atom is 0.0486 e. The van der Waals surface area contributed by atoms with E-state index in [0.29, 0.717) is 0 Å². The smallest absolute Gasteiger partial charge is 0.0486 e. The van der Waals surface area contributed by atoms with E-state index in [1.54, 1.807) is 0 Å². The molecule has 0 saturated heterocycles. The van der Waals surface area contributed by atoms with E-state index in [1.165, 1.54) is 16.8 Å². The molecule has 0 aliphatic rings. The number of aryl methyl sites for hydroxylation is 1. The number of hydrogen-bond acceptors (Lipinski definition) is 3. The van der Waals surface area contributed by atoms with Crippen molar-refractivity contribution in [1.82, 2.24) is 10.3 Å². The van der Waals surface area contributed by atoms with Crippen molar-refractivity contribution in [3.8, 4) is 0 Å². The molecule has 1 heterocycles. The molecule has 19 heavy (non-hydrogen) atoms. The molecule has 0 radical (unpaired) electrons. The van der Waals surface area contributed by atoms with E-state index in [4.69, 9.17) is 4.74 Å². The lowest BCUT2D eigenvalue weighted by molar-refractivity contribution is 0.144. The first-order chi connectivity index (χ1) is 8.95. The first kappa shape index (κ1) is 16.1. The molecule has 0 atom stereocenters. The van der Waals surface area contributed by atoms with Crippen LogP contribution in [0.4, 0.5) is 0 Å². The number of ether oxygens (including phenoxy) is 1. The van der Waals surface area contributed by atoms with E-state index in [9.17, 15) is 0 Å². The first-order valence-corrected chi connectivity index (χ1v) is 7.19. The van der Waals surface area contributed by atoms with Gasteiger partial charge in [0.25, 0.3) is 0 Å². The van der Waals surface area contributed by atoms with Crippen molar-refractivity contribution in [3.05, 3.63) is 29.1 Å². The Morgan fingerprint density at radius 2 is 2.05 bits per heavy atom. The number of nitrogens with zero attached hydrogens (tertiary/aromatic N) is 1. The van der Waals surface area contributed by atoms with Gasteiger partial charge in [-0.3, -0.25) is 4.98 Å². The molecule has 0 aromatic carbocycles. The lowest BCUT2D eigenvalue weighted by Gasteiger charge is -2.20. The van der Waals surface area contributed by atoms with Gasteiger partial charge in [-0.25, -0.2) is 0 Å². The third-order valence-electron chi connectivity index (χ3n) is 3.02. The second-order valence-electron chi connectivity index (χ2n) is 5.99. The topological polar surface area (TPSA) is 34.1 Å². The summed E-state index contributed by atoms with van der Waals surface area (Å²) >= 11 is 0. The molecular formula is C16H28N2O. The van der Waals surface area contributed by atoms with E-state index < -0.39 is 0 Å². The van der Waals surface area contributed by atoms with Crippen molar-refractivity contribution in [1.29, 1.82) is 0 Å². The van der Waals surface area contributed by atoms with Gasteiger partial charge in [0.05, 0.1) is 0 Å². The van der Waals surface area contributed by atoms with Crippen LogP contribution in [0.3, 0.4) is 0 Å². The number of pyridine rings is 1. The zero-order valence-electron chi connectivity index (χ0n) is 13.0. The Kier molecular flexibility index (Phi) is 6.46. The normalized spacial score (nSPS) is 11.8. The second kappa shape index (κ2) is 7.61. The van der Waals surface area contributed by atoms with Crippen LogP contribution in [-0.2, 0) is 16.7 Å². The predicted molar refractivity (Wildman–Crippen MR) is 80.5 cm³/mol. The van der Waals surface area contributed by atoms with Gasteiger partial charge in [0, 0.05) is 37.1 Å². The molecule has 108 valence electrons. The van der Waals surface area contributed by atoms with Gasteiger partial charge in [0.1, 0.15) is 0 Å². The molecular weight excluding hydrogens is 236 g/mol. The van der Waals surface area contributed by atoms with Gasteiger partial charge in [-0.15, -0.1) is 0 Å². The van der Waals surface area contributed by atoms with E-state index in [1.807, 2.05) is 13.1 Å². The van der Waals surface area contributed by atoms with Gasteiger partial charge in [-0.1, -0.05) is 26.8 Å². The Labute approximate surface area is 117 Å². The Hall–Kier alpha value is -0.930. The maximum atomic E-state index is 5.31. The molecule has 1 rings (SSSR count). The molecule has 1 aromatic rings. The Morgan fingerprint density at radius 3 is 2.63 bits per heavy atom. The van der Waals surface area contributed by atoms with E-state index in [2.05, 4.69) is 44.1 Å². The summed E-state index contributed by atoms with van der Waals surface area (Å²) in [5, 5.41) is 3.43. The van der Waals surface area contributed by atoms with Crippen molar-refractivity contribution in [2.45, 2.75) is 53.0 Å². The third kappa shape index (κ3) is 5.70. The molecule has 0 unspecified atom stereocenters. The van der Waals surface area contributed by atoms with Crippen LogP contribution in [0, 0.1) is 6.92 Å². The highest BCUT2D eigenvalue weighted by Crippen LogP contribution is 2.23. The van der Waals surface area contributed by atoms with E-state index in [-0.39, 0.29) is 5.41 Å². The fourth-order valence-electron chi connectivity index (χ4n) is 2.19. The minimum atomic E-state index is 0.119. The van der Waals surface area contributed by atoms with E-state index >= 15 is 0 Å². The molecule has 3 heteroatoms. The monoisotopic (exact) mass is 264 g/mol. The van der Waals surface area contributed by atoms with Crippen LogP contribution in [0.2, 0.25) is 0 Å². The van der Waals surface area contributed by atoms with Crippen LogP contribution in [0.5, 0.6) is 0 Å². The molecule has 0 aliphatic heterocycles. The number of nitrogens with one attached hydrogen (secondary N) is 1. The van der Waals surface area contributed by atoms with Crippen LogP contribution in [0.25, 0.3) is 0 Å². The molecule has 0 saturated carbocycles. The largest absolute Gasteiger partial charge is 0.382 e. The fraction of sp³-hybridized carbons (Fsp3) is 0.688. The third-order valence-corrected chi connectivity index (χ3v) is 3.02. The number of rotatable bonds is 7. The maximum absolute atomic E-state index is 5.31. The molecule has 0 bridgehead atoms. The Bertz CT molecular complexity index is 383. The minimum absolute atomic E-state index is 0.119. The van der Waals surface area contributed by atoms with Gasteiger partial charge in [-0.05, 0) is 37.9 Å². The van der Waals surface area contributed by atoms with Gasteiger partial charge in [0.15, 0.2) is 0 Å².